The fraction of sp³-hybridized carbons (Fsp3) is 0.382. The lowest BCUT2D eigenvalue weighted by Crippen LogP contribution is -2.44. The third kappa shape index (κ3) is 8.80. The zero-order chi connectivity index (χ0) is 33.6. The Bertz CT molecular complexity index is 1510. The molecule has 2 heterocycles. The number of esters is 1. The first-order chi connectivity index (χ1) is 22.5. The number of likely N-dealkylation sites (tertiary alicyclic amines) is 1. The Morgan fingerprint density at radius 1 is 0.936 bits per heavy atom. The lowest BCUT2D eigenvalue weighted by molar-refractivity contribution is -0.274. The van der Waals surface area contributed by atoms with E-state index in [1.54, 1.807) is 34.1 Å². The first-order valence-electron chi connectivity index (χ1n) is 15.3. The molecule has 0 spiro atoms. The number of piperidine rings is 1. The van der Waals surface area contributed by atoms with Gasteiger partial charge in [0.15, 0.2) is 6.10 Å². The first kappa shape index (κ1) is 33.7. The Kier molecular flexibility index (Phi) is 10.7. The minimum absolute atomic E-state index is 0.143. The van der Waals surface area contributed by atoms with Crippen LogP contribution in [0.15, 0.2) is 78.9 Å². The summed E-state index contributed by atoms with van der Waals surface area (Å²) in [5.41, 5.74) is 2.81. The highest BCUT2D eigenvalue weighted by Crippen LogP contribution is 2.35. The minimum atomic E-state index is -4.82. The number of aliphatic hydroxyl groups is 1. The van der Waals surface area contributed by atoms with E-state index in [2.05, 4.69) is 31.8 Å². The van der Waals surface area contributed by atoms with Crippen LogP contribution in [-0.4, -0.2) is 84.6 Å². The van der Waals surface area contributed by atoms with Crippen LogP contribution in [0.5, 0.6) is 5.75 Å². The molecule has 2 saturated heterocycles. The van der Waals surface area contributed by atoms with E-state index < -0.39 is 24.3 Å². The van der Waals surface area contributed by atoms with Crippen molar-refractivity contribution in [3.8, 4) is 5.75 Å². The van der Waals surface area contributed by atoms with Crippen LogP contribution in [0.2, 0.25) is 0 Å². The van der Waals surface area contributed by atoms with Crippen molar-refractivity contribution in [3.63, 3.8) is 0 Å². The molecule has 0 saturated carbocycles. The minimum Gasteiger partial charge on any atom is -0.467 e. The maximum Gasteiger partial charge on any atom is 0.573 e. The zero-order valence-corrected chi connectivity index (χ0v) is 25.9. The molecular weight excluding hydrogens is 617 g/mol. The van der Waals surface area contributed by atoms with Crippen LogP contribution in [0.3, 0.4) is 0 Å². The van der Waals surface area contributed by atoms with E-state index in [-0.39, 0.29) is 36.8 Å². The molecule has 47 heavy (non-hydrogen) atoms. The number of anilines is 1. The molecule has 0 aromatic heterocycles. The summed E-state index contributed by atoms with van der Waals surface area (Å²) in [6, 6.07) is 21.8. The fourth-order valence-corrected chi connectivity index (χ4v) is 6.10. The molecule has 2 aliphatic heterocycles. The summed E-state index contributed by atoms with van der Waals surface area (Å²) in [5.74, 6) is -1.50. The number of carbonyl (C=O) groups is 3. The number of carbonyl (C=O) groups excluding carboxylic acids is 3. The van der Waals surface area contributed by atoms with Crippen LogP contribution in [-0.2, 0) is 22.6 Å². The summed E-state index contributed by atoms with van der Waals surface area (Å²) in [4.78, 5) is 43.6. The fourth-order valence-electron chi connectivity index (χ4n) is 6.10. The first-order valence-corrected chi connectivity index (χ1v) is 15.3. The van der Waals surface area contributed by atoms with Crippen LogP contribution < -0.4 is 15.0 Å². The molecule has 2 fully saturated rings. The van der Waals surface area contributed by atoms with Gasteiger partial charge in [-0.2, -0.15) is 0 Å². The van der Waals surface area contributed by atoms with Gasteiger partial charge in [0.1, 0.15) is 5.75 Å². The average molecular weight is 655 g/mol. The predicted octanol–water partition coefficient (Wildman–Crippen LogP) is 4.57. The number of aliphatic hydroxyl groups excluding tert-OH is 1. The zero-order valence-electron chi connectivity index (χ0n) is 25.9. The van der Waals surface area contributed by atoms with Crippen LogP contribution in [0, 0.1) is 5.92 Å². The average Bonchev–Trinajstić information content (AvgIpc) is 3.39. The van der Waals surface area contributed by atoms with Gasteiger partial charge in [0.05, 0.1) is 19.7 Å². The number of nitrogens with zero attached hydrogens (tertiary/aromatic N) is 3. The van der Waals surface area contributed by atoms with Gasteiger partial charge in [-0.3, -0.25) is 14.6 Å². The standard InChI is InChI=1S/C34H37F3N4O6/c1-46-32(44)30(42)19-38-31(43)26-9-7-24(8-10-26)21-41-29(25-15-17-39(18-16-25)20-23-5-3-2-4-6-23)22-40(33(41)45)27-11-13-28(14-12-27)47-34(35,36)37/h2-14,25,29-30,42H,15-22H2,1H3,(H,38,43). The second kappa shape index (κ2) is 14.9. The lowest BCUT2D eigenvalue weighted by Gasteiger charge is -2.37. The quantitative estimate of drug-likeness (QED) is 0.292. The van der Waals surface area contributed by atoms with E-state index >= 15 is 0 Å². The molecule has 2 aliphatic rings. The molecule has 2 atom stereocenters. The molecule has 3 amide bonds. The van der Waals surface area contributed by atoms with Gasteiger partial charge in [0.25, 0.3) is 5.91 Å². The van der Waals surface area contributed by atoms with Crippen molar-refractivity contribution in [1.82, 2.24) is 15.1 Å². The Balaban J connectivity index is 1.29. The van der Waals surface area contributed by atoms with Crippen molar-refractivity contribution in [1.29, 1.82) is 0 Å². The Morgan fingerprint density at radius 2 is 1.57 bits per heavy atom. The maximum atomic E-state index is 13.9. The summed E-state index contributed by atoms with van der Waals surface area (Å²) >= 11 is 0. The van der Waals surface area contributed by atoms with Crippen molar-refractivity contribution < 1.29 is 42.1 Å². The number of amides is 3. The second-order valence-electron chi connectivity index (χ2n) is 11.7. The number of methoxy groups -OCH3 is 1. The van der Waals surface area contributed by atoms with Gasteiger partial charge in [-0.15, -0.1) is 13.2 Å². The van der Waals surface area contributed by atoms with Gasteiger partial charge in [0.2, 0.25) is 0 Å². The number of ether oxygens (including phenoxy) is 2. The van der Waals surface area contributed by atoms with E-state index in [1.807, 2.05) is 18.2 Å². The predicted molar refractivity (Wildman–Crippen MR) is 166 cm³/mol. The Morgan fingerprint density at radius 3 is 2.19 bits per heavy atom. The van der Waals surface area contributed by atoms with Gasteiger partial charge in [-0.1, -0.05) is 42.5 Å². The highest BCUT2D eigenvalue weighted by Gasteiger charge is 2.43. The summed E-state index contributed by atoms with van der Waals surface area (Å²) in [7, 11) is 1.14. The van der Waals surface area contributed by atoms with E-state index in [9.17, 15) is 32.7 Å². The van der Waals surface area contributed by atoms with E-state index in [0.29, 0.717) is 17.8 Å². The van der Waals surface area contributed by atoms with Crippen molar-refractivity contribution in [2.45, 2.75) is 44.4 Å². The maximum absolute atomic E-state index is 13.9. The van der Waals surface area contributed by atoms with Gasteiger partial charge >= 0.3 is 18.4 Å². The van der Waals surface area contributed by atoms with Gasteiger partial charge in [-0.25, -0.2) is 9.59 Å². The smallest absolute Gasteiger partial charge is 0.467 e. The number of hydrogen-bond donors (Lipinski definition) is 2. The lowest BCUT2D eigenvalue weighted by atomic mass is 9.88. The number of halogens is 3. The van der Waals surface area contributed by atoms with Crippen molar-refractivity contribution in [2.24, 2.45) is 5.92 Å². The Hall–Kier alpha value is -4.62. The third-order valence-electron chi connectivity index (χ3n) is 8.55. The number of hydrogen-bond acceptors (Lipinski definition) is 7. The monoisotopic (exact) mass is 654 g/mol. The largest absolute Gasteiger partial charge is 0.573 e. The highest BCUT2D eigenvalue weighted by atomic mass is 19.4. The van der Waals surface area contributed by atoms with Gasteiger partial charge < -0.3 is 24.8 Å². The number of urea groups is 1. The van der Waals surface area contributed by atoms with E-state index in [0.717, 1.165) is 45.1 Å². The number of alkyl halides is 3. The summed E-state index contributed by atoms with van der Waals surface area (Å²) in [6.07, 6.45) is -4.54. The highest BCUT2D eigenvalue weighted by molar-refractivity contribution is 5.95. The number of benzene rings is 3. The molecular formula is C34H37F3N4O6. The molecule has 5 rings (SSSR count). The van der Waals surface area contributed by atoms with E-state index in [4.69, 9.17) is 0 Å². The molecule has 2 N–H and O–H groups in total. The summed E-state index contributed by atoms with van der Waals surface area (Å²) in [6.45, 7) is 2.93. The van der Waals surface area contributed by atoms with Crippen molar-refractivity contribution >= 4 is 23.6 Å². The van der Waals surface area contributed by atoms with Crippen LogP contribution >= 0.6 is 0 Å². The second-order valence-corrected chi connectivity index (χ2v) is 11.7. The third-order valence-corrected chi connectivity index (χ3v) is 8.55. The van der Waals surface area contributed by atoms with Crippen LogP contribution in [0.4, 0.5) is 23.7 Å². The molecule has 0 bridgehead atoms. The summed E-state index contributed by atoms with van der Waals surface area (Å²) in [5, 5.41) is 12.2. The molecule has 250 valence electrons. The van der Waals surface area contributed by atoms with E-state index in [1.165, 1.54) is 29.8 Å². The number of nitrogens with one attached hydrogen (secondary N) is 1. The van der Waals surface area contributed by atoms with Gasteiger partial charge in [-0.05, 0) is 79.4 Å². The molecule has 10 nitrogen and oxygen atoms in total. The van der Waals surface area contributed by atoms with Crippen LogP contribution in [0.1, 0.15) is 34.3 Å². The normalized spacial score (nSPS) is 18.2. The molecule has 0 radical (unpaired) electrons. The molecule has 0 aliphatic carbocycles. The SMILES string of the molecule is COC(=O)C(O)CNC(=O)c1ccc(CN2C(=O)N(c3ccc(OC(F)(F)F)cc3)CC2C2CCN(Cc3ccccc3)CC2)cc1. The van der Waals surface area contributed by atoms with Crippen molar-refractivity contribution in [2.75, 3.05) is 38.2 Å². The van der Waals surface area contributed by atoms with Crippen LogP contribution in [0.25, 0.3) is 0 Å². The topological polar surface area (TPSA) is 112 Å². The van der Waals surface area contributed by atoms with Crippen molar-refractivity contribution in [3.05, 3.63) is 95.6 Å². The Labute approximate surface area is 270 Å². The van der Waals surface area contributed by atoms with Gasteiger partial charge in [0, 0.05) is 30.9 Å². The number of rotatable bonds is 11. The molecule has 3 aromatic rings. The summed E-state index contributed by atoms with van der Waals surface area (Å²) < 4.78 is 46.6. The molecule has 13 heteroatoms. The molecule has 2 unspecified atom stereocenters. The molecule has 3 aromatic carbocycles.